The molecule has 0 aliphatic carbocycles. The lowest BCUT2D eigenvalue weighted by molar-refractivity contribution is -0.114. The van der Waals surface area contributed by atoms with Gasteiger partial charge in [-0.3, -0.25) is 14.2 Å². The second kappa shape index (κ2) is 8.35. The Balaban J connectivity index is 1.97. The van der Waals surface area contributed by atoms with Gasteiger partial charge in [-0.05, 0) is 24.3 Å². The van der Waals surface area contributed by atoms with E-state index < -0.39 is 0 Å². The van der Waals surface area contributed by atoms with Crippen LogP contribution in [0.3, 0.4) is 0 Å². The maximum Gasteiger partial charge on any atom is 0.221 e. The van der Waals surface area contributed by atoms with Gasteiger partial charge in [0.25, 0.3) is 0 Å². The number of anilines is 1. The van der Waals surface area contributed by atoms with Gasteiger partial charge in [-0.25, -0.2) is 4.98 Å². The number of pyridine rings is 2. The summed E-state index contributed by atoms with van der Waals surface area (Å²) < 4.78 is 18.4. The fourth-order valence-corrected chi connectivity index (χ4v) is 3.50. The van der Waals surface area contributed by atoms with Gasteiger partial charge in [0.2, 0.25) is 11.7 Å². The molecule has 31 heavy (non-hydrogen) atoms. The van der Waals surface area contributed by atoms with Crippen LogP contribution in [0.1, 0.15) is 6.92 Å². The highest BCUT2D eigenvalue weighted by Gasteiger charge is 2.18. The van der Waals surface area contributed by atoms with Crippen molar-refractivity contribution in [3.63, 3.8) is 0 Å². The third-order valence-electron chi connectivity index (χ3n) is 4.87. The summed E-state index contributed by atoms with van der Waals surface area (Å²) in [6, 6.07) is 9.44. The van der Waals surface area contributed by atoms with Crippen molar-refractivity contribution >= 4 is 17.2 Å². The van der Waals surface area contributed by atoms with Crippen molar-refractivity contribution in [3.8, 4) is 39.6 Å². The highest BCUT2D eigenvalue weighted by molar-refractivity contribution is 5.94. The van der Waals surface area contributed by atoms with E-state index in [0.717, 1.165) is 22.4 Å². The van der Waals surface area contributed by atoms with E-state index in [-0.39, 0.29) is 5.91 Å². The monoisotopic (exact) mass is 418 g/mol. The Morgan fingerprint density at radius 3 is 2.29 bits per heavy atom. The molecule has 0 saturated carbocycles. The van der Waals surface area contributed by atoms with Crippen LogP contribution in [-0.4, -0.2) is 41.6 Å². The number of aromatic nitrogens is 3. The van der Waals surface area contributed by atoms with Gasteiger partial charge in [-0.2, -0.15) is 0 Å². The Hall–Kier alpha value is -4.07. The fourth-order valence-electron chi connectivity index (χ4n) is 3.50. The standard InChI is InChI=1S/C23H22N4O4/c1-14(28)26-18-8-17(15-6-5-7-24-11-15)13-27-19(12-25-23(18)27)16-9-20(29-2)22(31-4)21(10-16)30-3/h5-13H,1-4H3,(H,26,28). The topological polar surface area (TPSA) is 87.0 Å². The molecule has 0 atom stereocenters. The van der Waals surface area contributed by atoms with Gasteiger partial charge in [-0.15, -0.1) is 0 Å². The number of methoxy groups -OCH3 is 3. The fraction of sp³-hybridized carbons (Fsp3) is 0.174. The number of benzene rings is 1. The second-order valence-corrected chi connectivity index (χ2v) is 6.82. The summed E-state index contributed by atoms with van der Waals surface area (Å²) in [6.07, 6.45) is 7.20. The van der Waals surface area contributed by atoms with Crippen molar-refractivity contribution in [2.75, 3.05) is 26.6 Å². The molecular formula is C23H22N4O4. The lowest BCUT2D eigenvalue weighted by Crippen LogP contribution is -2.08. The number of rotatable bonds is 6. The van der Waals surface area contributed by atoms with Crippen LogP contribution in [0.25, 0.3) is 28.0 Å². The highest BCUT2D eigenvalue weighted by atomic mass is 16.5. The number of carbonyl (C=O) groups excluding carboxylic acids is 1. The molecule has 3 aromatic heterocycles. The SMILES string of the molecule is COc1cc(-c2cnc3c(NC(C)=O)cc(-c4cccnc4)cn23)cc(OC)c1OC. The largest absolute Gasteiger partial charge is 0.493 e. The Labute approximate surface area is 179 Å². The van der Waals surface area contributed by atoms with Crippen LogP contribution in [-0.2, 0) is 4.79 Å². The van der Waals surface area contributed by atoms with Gasteiger partial charge in [0.1, 0.15) is 0 Å². The van der Waals surface area contributed by atoms with Crippen LogP contribution < -0.4 is 19.5 Å². The molecule has 158 valence electrons. The molecule has 1 amide bonds. The molecule has 0 bridgehead atoms. The number of nitrogens with one attached hydrogen (secondary N) is 1. The average Bonchev–Trinajstić information content (AvgIpc) is 3.22. The predicted molar refractivity (Wildman–Crippen MR) is 118 cm³/mol. The molecule has 3 heterocycles. The van der Waals surface area contributed by atoms with E-state index in [4.69, 9.17) is 14.2 Å². The molecule has 0 aliphatic heterocycles. The normalized spacial score (nSPS) is 10.7. The molecule has 8 nitrogen and oxygen atoms in total. The number of nitrogens with zero attached hydrogens (tertiary/aromatic N) is 3. The number of hydrogen-bond donors (Lipinski definition) is 1. The van der Waals surface area contributed by atoms with Gasteiger partial charge in [-0.1, -0.05) is 6.07 Å². The van der Waals surface area contributed by atoms with Gasteiger partial charge in [0.05, 0.1) is 38.9 Å². The molecule has 0 aliphatic rings. The summed E-state index contributed by atoms with van der Waals surface area (Å²) in [4.78, 5) is 20.6. The summed E-state index contributed by atoms with van der Waals surface area (Å²) in [6.45, 7) is 1.47. The Morgan fingerprint density at radius 2 is 1.71 bits per heavy atom. The van der Waals surface area contributed by atoms with Gasteiger partial charge < -0.3 is 19.5 Å². The minimum absolute atomic E-state index is 0.178. The summed E-state index contributed by atoms with van der Waals surface area (Å²) in [7, 11) is 4.71. The maximum absolute atomic E-state index is 11.8. The molecule has 1 N–H and O–H groups in total. The van der Waals surface area contributed by atoms with E-state index in [1.807, 2.05) is 40.9 Å². The molecule has 0 spiro atoms. The zero-order valence-corrected chi connectivity index (χ0v) is 17.7. The molecule has 0 unspecified atom stereocenters. The summed E-state index contributed by atoms with van der Waals surface area (Å²) in [5, 5.41) is 2.87. The Morgan fingerprint density at radius 1 is 0.968 bits per heavy atom. The number of amides is 1. The smallest absolute Gasteiger partial charge is 0.221 e. The predicted octanol–water partition coefficient (Wildman–Crippen LogP) is 4.05. The van der Waals surface area contributed by atoms with E-state index in [0.29, 0.717) is 28.6 Å². The third kappa shape index (κ3) is 3.75. The van der Waals surface area contributed by atoms with Gasteiger partial charge in [0, 0.05) is 42.2 Å². The molecule has 0 saturated heterocycles. The molecule has 4 aromatic rings. The number of ether oxygens (including phenoxy) is 3. The van der Waals surface area contributed by atoms with E-state index in [1.165, 1.54) is 6.92 Å². The lowest BCUT2D eigenvalue weighted by Gasteiger charge is -2.15. The molecule has 4 rings (SSSR count). The zero-order chi connectivity index (χ0) is 22.0. The minimum Gasteiger partial charge on any atom is -0.493 e. The van der Waals surface area contributed by atoms with E-state index in [1.54, 1.807) is 39.9 Å². The van der Waals surface area contributed by atoms with Crippen molar-refractivity contribution < 1.29 is 19.0 Å². The van der Waals surface area contributed by atoms with E-state index in [2.05, 4.69) is 15.3 Å². The van der Waals surface area contributed by atoms with Crippen LogP contribution in [0.15, 0.2) is 55.1 Å². The number of imidazole rings is 1. The molecule has 0 radical (unpaired) electrons. The summed E-state index contributed by atoms with van der Waals surface area (Å²) in [5.41, 5.74) is 4.64. The van der Waals surface area contributed by atoms with Crippen LogP contribution >= 0.6 is 0 Å². The van der Waals surface area contributed by atoms with Crippen molar-refractivity contribution in [1.82, 2.24) is 14.4 Å². The first-order valence-corrected chi connectivity index (χ1v) is 9.55. The van der Waals surface area contributed by atoms with Crippen molar-refractivity contribution in [3.05, 3.63) is 55.1 Å². The van der Waals surface area contributed by atoms with E-state index >= 15 is 0 Å². The van der Waals surface area contributed by atoms with Gasteiger partial charge >= 0.3 is 0 Å². The van der Waals surface area contributed by atoms with Crippen molar-refractivity contribution in [2.24, 2.45) is 0 Å². The van der Waals surface area contributed by atoms with Crippen molar-refractivity contribution in [1.29, 1.82) is 0 Å². The maximum atomic E-state index is 11.8. The second-order valence-electron chi connectivity index (χ2n) is 6.82. The number of carbonyl (C=O) groups is 1. The summed E-state index contributed by atoms with van der Waals surface area (Å²) in [5.74, 6) is 1.41. The molecule has 8 heteroatoms. The van der Waals surface area contributed by atoms with Crippen LogP contribution in [0.4, 0.5) is 5.69 Å². The first-order chi connectivity index (χ1) is 15.0. The molecule has 0 fully saturated rings. The lowest BCUT2D eigenvalue weighted by atomic mass is 10.1. The van der Waals surface area contributed by atoms with Gasteiger partial charge in [0.15, 0.2) is 17.1 Å². The Bertz CT molecular complexity index is 1230. The minimum atomic E-state index is -0.178. The van der Waals surface area contributed by atoms with Crippen molar-refractivity contribution in [2.45, 2.75) is 6.92 Å². The van der Waals surface area contributed by atoms with Crippen LogP contribution in [0, 0.1) is 0 Å². The quantitative estimate of drug-likeness (QED) is 0.508. The van der Waals surface area contributed by atoms with Crippen LogP contribution in [0.2, 0.25) is 0 Å². The summed E-state index contributed by atoms with van der Waals surface area (Å²) >= 11 is 0. The molecular weight excluding hydrogens is 396 g/mol. The third-order valence-corrected chi connectivity index (χ3v) is 4.87. The first kappa shape index (κ1) is 20.2. The van der Waals surface area contributed by atoms with E-state index in [9.17, 15) is 4.79 Å². The number of hydrogen-bond acceptors (Lipinski definition) is 6. The average molecular weight is 418 g/mol. The molecule has 1 aromatic carbocycles. The number of fused-ring (bicyclic) bond motifs is 1. The first-order valence-electron chi connectivity index (χ1n) is 9.55. The van der Waals surface area contributed by atoms with Crippen LogP contribution in [0.5, 0.6) is 17.2 Å². The highest BCUT2D eigenvalue weighted by Crippen LogP contribution is 2.41. The Kier molecular flexibility index (Phi) is 5.44. The zero-order valence-electron chi connectivity index (χ0n) is 17.7.